The highest BCUT2D eigenvalue weighted by molar-refractivity contribution is 5.95. The van der Waals surface area contributed by atoms with Gasteiger partial charge in [-0.2, -0.15) is 0 Å². The maximum absolute atomic E-state index is 12.6. The number of aryl methyl sites for hydroxylation is 4. The van der Waals surface area contributed by atoms with E-state index in [9.17, 15) is 4.79 Å². The maximum Gasteiger partial charge on any atom is 0.265 e. The van der Waals surface area contributed by atoms with E-state index in [1.54, 1.807) is 0 Å². The first-order valence-corrected chi connectivity index (χ1v) is 8.02. The number of anilines is 1. The Hall–Kier alpha value is -2.29. The molecule has 1 atom stereocenters. The Morgan fingerprint density at radius 3 is 2.26 bits per heavy atom. The van der Waals surface area contributed by atoms with Crippen LogP contribution in [0.4, 0.5) is 5.69 Å². The predicted molar refractivity (Wildman–Crippen MR) is 95.2 cm³/mol. The summed E-state index contributed by atoms with van der Waals surface area (Å²) in [6.45, 7) is 10.0. The SMILES string of the molecule is CCC(Oc1cccc(C)c1)C(=O)Nc1c(C)cc(C)cc1C. The van der Waals surface area contributed by atoms with Gasteiger partial charge in [0.15, 0.2) is 6.10 Å². The summed E-state index contributed by atoms with van der Waals surface area (Å²) in [7, 11) is 0. The van der Waals surface area contributed by atoms with Crippen molar-refractivity contribution in [2.24, 2.45) is 0 Å². The average Bonchev–Trinajstić information content (AvgIpc) is 2.48. The lowest BCUT2D eigenvalue weighted by atomic mass is 10.0. The summed E-state index contributed by atoms with van der Waals surface area (Å²) in [4.78, 5) is 12.6. The molecule has 0 fully saturated rings. The van der Waals surface area contributed by atoms with E-state index < -0.39 is 6.10 Å². The largest absolute Gasteiger partial charge is 0.481 e. The van der Waals surface area contributed by atoms with Gasteiger partial charge in [-0.25, -0.2) is 0 Å². The van der Waals surface area contributed by atoms with Crippen LogP contribution < -0.4 is 10.1 Å². The van der Waals surface area contributed by atoms with Crippen LogP contribution in [-0.2, 0) is 4.79 Å². The highest BCUT2D eigenvalue weighted by Crippen LogP contribution is 2.23. The molecule has 0 aliphatic heterocycles. The van der Waals surface area contributed by atoms with E-state index in [4.69, 9.17) is 4.74 Å². The van der Waals surface area contributed by atoms with Crippen LogP contribution in [0.5, 0.6) is 5.75 Å². The smallest absolute Gasteiger partial charge is 0.265 e. The van der Waals surface area contributed by atoms with Gasteiger partial charge in [0.1, 0.15) is 5.75 Å². The highest BCUT2D eigenvalue weighted by atomic mass is 16.5. The van der Waals surface area contributed by atoms with Gasteiger partial charge in [-0.1, -0.05) is 36.8 Å². The van der Waals surface area contributed by atoms with Gasteiger partial charge >= 0.3 is 0 Å². The number of hydrogen-bond acceptors (Lipinski definition) is 2. The van der Waals surface area contributed by atoms with Gasteiger partial charge in [-0.05, 0) is 62.9 Å². The molecular formula is C20H25NO2. The molecule has 0 bridgehead atoms. The predicted octanol–water partition coefficient (Wildman–Crippen LogP) is 4.72. The van der Waals surface area contributed by atoms with E-state index in [0.29, 0.717) is 6.42 Å². The highest BCUT2D eigenvalue weighted by Gasteiger charge is 2.20. The zero-order valence-corrected chi connectivity index (χ0v) is 14.6. The summed E-state index contributed by atoms with van der Waals surface area (Å²) >= 11 is 0. The first-order chi connectivity index (χ1) is 10.9. The normalized spacial score (nSPS) is 11.9. The minimum absolute atomic E-state index is 0.107. The van der Waals surface area contributed by atoms with Gasteiger partial charge < -0.3 is 10.1 Å². The lowest BCUT2D eigenvalue weighted by Crippen LogP contribution is -2.32. The van der Waals surface area contributed by atoms with E-state index in [2.05, 4.69) is 24.4 Å². The van der Waals surface area contributed by atoms with E-state index in [-0.39, 0.29) is 5.91 Å². The van der Waals surface area contributed by atoms with Crippen molar-refractivity contribution in [2.45, 2.75) is 47.1 Å². The second kappa shape index (κ2) is 7.32. The number of nitrogens with one attached hydrogen (secondary N) is 1. The molecule has 3 nitrogen and oxygen atoms in total. The fourth-order valence-electron chi connectivity index (χ4n) is 2.76. The van der Waals surface area contributed by atoms with Crippen molar-refractivity contribution >= 4 is 11.6 Å². The number of hydrogen-bond donors (Lipinski definition) is 1. The molecule has 0 aliphatic rings. The van der Waals surface area contributed by atoms with Crippen LogP contribution in [0.2, 0.25) is 0 Å². The van der Waals surface area contributed by atoms with Gasteiger partial charge in [0.05, 0.1) is 0 Å². The third-order valence-electron chi connectivity index (χ3n) is 3.86. The quantitative estimate of drug-likeness (QED) is 0.868. The molecule has 0 aromatic heterocycles. The average molecular weight is 311 g/mol. The van der Waals surface area contributed by atoms with Crippen LogP contribution in [-0.4, -0.2) is 12.0 Å². The molecule has 0 saturated heterocycles. The van der Waals surface area contributed by atoms with Crippen LogP contribution in [0.15, 0.2) is 36.4 Å². The number of benzene rings is 2. The van der Waals surface area contributed by atoms with E-state index in [1.165, 1.54) is 5.56 Å². The number of carbonyl (C=O) groups excluding carboxylic acids is 1. The fraction of sp³-hybridized carbons (Fsp3) is 0.350. The fourth-order valence-corrected chi connectivity index (χ4v) is 2.76. The molecular weight excluding hydrogens is 286 g/mol. The molecule has 1 unspecified atom stereocenters. The zero-order valence-electron chi connectivity index (χ0n) is 14.6. The molecule has 0 spiro atoms. The Morgan fingerprint density at radius 2 is 1.70 bits per heavy atom. The van der Waals surface area contributed by atoms with Crippen molar-refractivity contribution in [2.75, 3.05) is 5.32 Å². The first kappa shape index (κ1) is 17.1. The molecule has 23 heavy (non-hydrogen) atoms. The Bertz CT molecular complexity index is 684. The van der Waals surface area contributed by atoms with Crippen molar-refractivity contribution in [3.8, 4) is 5.75 Å². The van der Waals surface area contributed by atoms with Gasteiger partial charge in [0.25, 0.3) is 5.91 Å². The zero-order chi connectivity index (χ0) is 17.0. The van der Waals surface area contributed by atoms with E-state index in [1.807, 2.05) is 52.0 Å². The molecule has 122 valence electrons. The van der Waals surface area contributed by atoms with Crippen molar-refractivity contribution < 1.29 is 9.53 Å². The molecule has 1 N–H and O–H groups in total. The second-order valence-electron chi connectivity index (χ2n) is 6.09. The lowest BCUT2D eigenvalue weighted by molar-refractivity contribution is -0.122. The van der Waals surface area contributed by atoms with Crippen molar-refractivity contribution in [1.29, 1.82) is 0 Å². The molecule has 2 aromatic carbocycles. The third kappa shape index (κ3) is 4.35. The Morgan fingerprint density at radius 1 is 1.04 bits per heavy atom. The number of amides is 1. The van der Waals surface area contributed by atoms with E-state index >= 15 is 0 Å². The van der Waals surface area contributed by atoms with Crippen LogP contribution in [0.3, 0.4) is 0 Å². The lowest BCUT2D eigenvalue weighted by Gasteiger charge is -2.19. The summed E-state index contributed by atoms with van der Waals surface area (Å²) in [6, 6.07) is 11.9. The molecule has 3 heteroatoms. The first-order valence-electron chi connectivity index (χ1n) is 8.02. The van der Waals surface area contributed by atoms with Gasteiger partial charge in [-0.3, -0.25) is 4.79 Å². The van der Waals surface area contributed by atoms with Crippen LogP contribution in [0.1, 0.15) is 35.6 Å². The van der Waals surface area contributed by atoms with Gasteiger partial charge in [0, 0.05) is 5.69 Å². The standard InChI is InChI=1S/C20H25NO2/c1-6-18(23-17-9-7-8-13(2)12-17)20(22)21-19-15(4)10-14(3)11-16(19)5/h7-12,18H,6H2,1-5H3,(H,21,22). The van der Waals surface area contributed by atoms with Gasteiger partial charge in [0.2, 0.25) is 0 Å². The number of ether oxygens (including phenoxy) is 1. The topological polar surface area (TPSA) is 38.3 Å². The summed E-state index contributed by atoms with van der Waals surface area (Å²) in [5.41, 5.74) is 5.33. The Balaban J connectivity index is 2.15. The van der Waals surface area contributed by atoms with Crippen LogP contribution in [0.25, 0.3) is 0 Å². The van der Waals surface area contributed by atoms with Crippen LogP contribution >= 0.6 is 0 Å². The summed E-state index contributed by atoms with van der Waals surface area (Å²) < 4.78 is 5.87. The summed E-state index contributed by atoms with van der Waals surface area (Å²) in [6.07, 6.45) is 0.112. The molecule has 0 saturated carbocycles. The maximum atomic E-state index is 12.6. The summed E-state index contributed by atoms with van der Waals surface area (Å²) in [5, 5.41) is 3.03. The Labute approximate surface area is 138 Å². The van der Waals surface area contributed by atoms with Crippen LogP contribution in [0, 0.1) is 27.7 Å². The minimum Gasteiger partial charge on any atom is -0.481 e. The minimum atomic E-state index is -0.503. The van der Waals surface area contributed by atoms with Crippen molar-refractivity contribution in [1.82, 2.24) is 0 Å². The van der Waals surface area contributed by atoms with Crippen molar-refractivity contribution in [3.63, 3.8) is 0 Å². The molecule has 0 aliphatic carbocycles. The number of carbonyl (C=O) groups is 1. The monoisotopic (exact) mass is 311 g/mol. The third-order valence-corrected chi connectivity index (χ3v) is 3.86. The van der Waals surface area contributed by atoms with E-state index in [0.717, 1.165) is 28.1 Å². The summed E-state index contributed by atoms with van der Waals surface area (Å²) in [5.74, 6) is 0.619. The number of rotatable bonds is 5. The molecule has 2 aromatic rings. The second-order valence-corrected chi connectivity index (χ2v) is 6.09. The Kier molecular flexibility index (Phi) is 5.43. The molecule has 2 rings (SSSR count). The van der Waals surface area contributed by atoms with Gasteiger partial charge in [-0.15, -0.1) is 0 Å². The molecule has 0 radical (unpaired) electrons. The molecule has 1 amide bonds. The van der Waals surface area contributed by atoms with Crippen molar-refractivity contribution in [3.05, 3.63) is 58.7 Å². The molecule has 0 heterocycles.